The van der Waals surface area contributed by atoms with Crippen molar-refractivity contribution in [3.8, 4) is 11.1 Å². The molecule has 0 fully saturated rings. The van der Waals surface area contributed by atoms with Crippen LogP contribution < -0.4 is 27.2 Å². The second-order valence-electron chi connectivity index (χ2n) is 7.34. The molecule has 1 aromatic heterocycles. The van der Waals surface area contributed by atoms with E-state index in [1.54, 1.807) is 12.1 Å². The van der Waals surface area contributed by atoms with Crippen LogP contribution in [0.1, 0.15) is 17.5 Å². The number of hydrogen-bond donors (Lipinski definition) is 5. The maximum absolute atomic E-state index is 13.6. The van der Waals surface area contributed by atoms with Gasteiger partial charge >= 0.3 is 12.2 Å². The van der Waals surface area contributed by atoms with Gasteiger partial charge in [-0.2, -0.15) is 13.2 Å². The van der Waals surface area contributed by atoms with Crippen LogP contribution in [0.5, 0.6) is 0 Å². The summed E-state index contributed by atoms with van der Waals surface area (Å²) in [5.41, 5.74) is 3.99. The third kappa shape index (κ3) is 6.95. The molecule has 0 bridgehead atoms. The summed E-state index contributed by atoms with van der Waals surface area (Å²) in [5.74, 6) is -0.217. The molecular weight excluding hydrogens is 508 g/mol. The van der Waals surface area contributed by atoms with Crippen LogP contribution in [0.3, 0.4) is 0 Å². The Morgan fingerprint density at radius 1 is 1.14 bits per heavy atom. The molecule has 0 unspecified atom stereocenters. The number of alkyl halides is 3. The SMILES string of the molecule is NCCCNCc1ccc(-c2cnc(NC(=O)Nc3cccc(Cl)c3Cl)[nH]c2=O)cc1C(F)(F)F. The number of urea groups is 1. The molecule has 35 heavy (non-hydrogen) atoms. The first kappa shape index (κ1) is 26.5. The molecule has 3 rings (SSSR count). The van der Waals surface area contributed by atoms with E-state index in [0.29, 0.717) is 19.5 Å². The number of H-pyrrole nitrogens is 1. The van der Waals surface area contributed by atoms with E-state index in [4.69, 9.17) is 28.9 Å². The average Bonchev–Trinajstić information content (AvgIpc) is 2.79. The van der Waals surface area contributed by atoms with E-state index in [0.717, 1.165) is 12.3 Å². The van der Waals surface area contributed by atoms with E-state index in [9.17, 15) is 22.8 Å². The fourth-order valence-corrected chi connectivity index (χ4v) is 3.49. The second kappa shape index (κ2) is 11.5. The zero-order valence-corrected chi connectivity index (χ0v) is 19.6. The summed E-state index contributed by atoms with van der Waals surface area (Å²) in [7, 11) is 0. The van der Waals surface area contributed by atoms with Gasteiger partial charge in [0.1, 0.15) is 0 Å². The number of rotatable bonds is 8. The third-order valence-corrected chi connectivity index (χ3v) is 5.65. The van der Waals surface area contributed by atoms with E-state index in [2.05, 4.69) is 25.9 Å². The van der Waals surface area contributed by atoms with Crippen molar-refractivity contribution in [1.29, 1.82) is 0 Å². The molecule has 0 aliphatic heterocycles. The lowest BCUT2D eigenvalue weighted by Crippen LogP contribution is -2.23. The fourth-order valence-electron chi connectivity index (χ4n) is 3.14. The van der Waals surface area contributed by atoms with Gasteiger partial charge in [0.2, 0.25) is 5.95 Å². The van der Waals surface area contributed by atoms with Gasteiger partial charge in [-0.3, -0.25) is 15.1 Å². The molecule has 0 saturated heterocycles. The highest BCUT2D eigenvalue weighted by molar-refractivity contribution is 6.44. The van der Waals surface area contributed by atoms with Gasteiger partial charge in [0.05, 0.1) is 26.9 Å². The summed E-state index contributed by atoms with van der Waals surface area (Å²) in [6, 6.07) is 7.48. The number of hydrogen-bond acceptors (Lipinski definition) is 5. The molecule has 0 atom stereocenters. The Morgan fingerprint density at radius 3 is 2.60 bits per heavy atom. The van der Waals surface area contributed by atoms with Gasteiger partial charge in [0.25, 0.3) is 5.56 Å². The fraction of sp³-hybridized carbons (Fsp3) is 0.227. The number of amides is 2. The molecule has 2 amide bonds. The maximum Gasteiger partial charge on any atom is 0.416 e. The normalized spacial score (nSPS) is 11.4. The lowest BCUT2D eigenvalue weighted by atomic mass is 10.00. The number of nitrogens with two attached hydrogens (primary N) is 1. The Kier molecular flexibility index (Phi) is 8.73. The van der Waals surface area contributed by atoms with Crippen molar-refractivity contribution >= 4 is 40.9 Å². The van der Waals surface area contributed by atoms with Gasteiger partial charge in [0, 0.05) is 12.7 Å². The topological polar surface area (TPSA) is 125 Å². The summed E-state index contributed by atoms with van der Waals surface area (Å²) in [6.07, 6.45) is -2.91. The molecule has 0 spiro atoms. The first-order valence-electron chi connectivity index (χ1n) is 10.3. The summed E-state index contributed by atoms with van der Waals surface area (Å²) in [5, 5.41) is 8.04. The molecule has 186 valence electrons. The Bertz CT molecular complexity index is 1270. The highest BCUT2D eigenvalue weighted by atomic mass is 35.5. The van der Waals surface area contributed by atoms with Gasteiger partial charge in [-0.25, -0.2) is 9.78 Å². The molecule has 0 aliphatic rings. The lowest BCUT2D eigenvalue weighted by Gasteiger charge is -2.15. The molecule has 0 saturated carbocycles. The van der Waals surface area contributed by atoms with Crippen molar-refractivity contribution < 1.29 is 18.0 Å². The van der Waals surface area contributed by atoms with E-state index in [1.165, 1.54) is 18.2 Å². The molecule has 13 heteroatoms. The van der Waals surface area contributed by atoms with Crippen LogP contribution in [0.2, 0.25) is 10.0 Å². The van der Waals surface area contributed by atoms with Gasteiger partial charge in [-0.15, -0.1) is 0 Å². The number of carbonyl (C=O) groups is 1. The Labute approximate surface area is 208 Å². The number of aromatic amines is 1. The minimum atomic E-state index is -4.62. The first-order chi connectivity index (χ1) is 16.6. The molecule has 3 aromatic rings. The highest BCUT2D eigenvalue weighted by Gasteiger charge is 2.33. The minimum absolute atomic E-state index is 0.00164. The molecule has 1 heterocycles. The predicted octanol–water partition coefficient (Wildman–Crippen LogP) is 4.84. The van der Waals surface area contributed by atoms with Crippen LogP contribution in [0.4, 0.5) is 29.6 Å². The van der Waals surface area contributed by atoms with Gasteiger partial charge in [-0.05, 0) is 48.8 Å². The van der Waals surface area contributed by atoms with Crippen LogP contribution in [0, 0.1) is 0 Å². The number of aromatic nitrogens is 2. The number of anilines is 2. The smallest absolute Gasteiger partial charge is 0.330 e. The van der Waals surface area contributed by atoms with Crippen molar-refractivity contribution in [2.24, 2.45) is 5.73 Å². The van der Waals surface area contributed by atoms with Crippen molar-refractivity contribution in [2.75, 3.05) is 23.7 Å². The van der Waals surface area contributed by atoms with Crippen LogP contribution in [-0.4, -0.2) is 29.1 Å². The lowest BCUT2D eigenvalue weighted by molar-refractivity contribution is -0.138. The average molecular weight is 529 g/mol. The predicted molar refractivity (Wildman–Crippen MR) is 130 cm³/mol. The summed E-state index contributed by atoms with van der Waals surface area (Å²) < 4.78 is 40.9. The Morgan fingerprint density at radius 2 is 1.91 bits per heavy atom. The number of benzene rings is 2. The minimum Gasteiger partial charge on any atom is -0.330 e. The molecule has 0 aliphatic carbocycles. The van der Waals surface area contributed by atoms with Crippen LogP contribution in [-0.2, 0) is 12.7 Å². The monoisotopic (exact) mass is 528 g/mol. The number of carbonyl (C=O) groups excluding carboxylic acids is 1. The zero-order chi connectivity index (χ0) is 25.6. The summed E-state index contributed by atoms with van der Waals surface area (Å²) in [4.78, 5) is 31.0. The van der Waals surface area contributed by atoms with Crippen molar-refractivity contribution in [2.45, 2.75) is 19.1 Å². The van der Waals surface area contributed by atoms with Gasteiger partial charge in [0.15, 0.2) is 0 Å². The Balaban J connectivity index is 1.79. The van der Waals surface area contributed by atoms with E-state index < -0.39 is 23.3 Å². The van der Waals surface area contributed by atoms with Crippen LogP contribution in [0.15, 0.2) is 47.4 Å². The number of nitrogens with one attached hydrogen (secondary N) is 4. The molecule has 8 nitrogen and oxygen atoms in total. The molecule has 6 N–H and O–H groups in total. The second-order valence-corrected chi connectivity index (χ2v) is 8.13. The summed E-state index contributed by atoms with van der Waals surface area (Å²) >= 11 is 11.9. The quantitative estimate of drug-likeness (QED) is 0.267. The van der Waals surface area contributed by atoms with E-state index in [-0.39, 0.29) is 44.9 Å². The van der Waals surface area contributed by atoms with E-state index in [1.807, 2.05) is 0 Å². The molecule has 2 aromatic carbocycles. The van der Waals surface area contributed by atoms with Crippen LogP contribution in [0.25, 0.3) is 11.1 Å². The molecular formula is C22H21Cl2F3N6O2. The zero-order valence-electron chi connectivity index (χ0n) is 18.1. The standard InChI is InChI=1S/C22H21Cl2F3N6O2/c23-16-3-1-4-17(18(16)24)31-21(35)33-20-30-11-14(19(34)32-20)12-5-6-13(10-29-8-2-7-28)15(9-12)22(25,26)27/h1,3-6,9,11,29H,2,7-8,10,28H2,(H3,30,31,32,33,34,35). The number of halogens is 5. The largest absolute Gasteiger partial charge is 0.416 e. The van der Waals surface area contributed by atoms with Crippen molar-refractivity contribution in [3.63, 3.8) is 0 Å². The number of nitrogens with zero attached hydrogens (tertiary/aromatic N) is 1. The highest BCUT2D eigenvalue weighted by Crippen LogP contribution is 2.34. The maximum atomic E-state index is 13.6. The van der Waals surface area contributed by atoms with Crippen molar-refractivity contribution in [1.82, 2.24) is 15.3 Å². The van der Waals surface area contributed by atoms with Gasteiger partial charge < -0.3 is 16.4 Å². The van der Waals surface area contributed by atoms with Crippen LogP contribution >= 0.6 is 23.2 Å². The summed E-state index contributed by atoms with van der Waals surface area (Å²) in [6.45, 7) is 0.901. The Hall–Kier alpha value is -3.12. The third-order valence-electron chi connectivity index (χ3n) is 4.83. The van der Waals surface area contributed by atoms with Crippen molar-refractivity contribution in [3.05, 3.63) is 74.1 Å². The first-order valence-corrected chi connectivity index (χ1v) is 11.1. The van der Waals surface area contributed by atoms with E-state index >= 15 is 0 Å². The molecule has 0 radical (unpaired) electrons. The van der Waals surface area contributed by atoms with Gasteiger partial charge in [-0.1, -0.05) is 41.4 Å².